The van der Waals surface area contributed by atoms with Crippen LogP contribution < -0.4 is 15.5 Å². The number of benzene rings is 2. The van der Waals surface area contributed by atoms with Crippen molar-refractivity contribution < 1.29 is 14.3 Å². The Morgan fingerprint density at radius 2 is 1.66 bits per heavy atom. The van der Waals surface area contributed by atoms with Crippen LogP contribution in [0.15, 0.2) is 54.6 Å². The van der Waals surface area contributed by atoms with E-state index in [0.717, 1.165) is 37.4 Å². The number of urea groups is 1. The molecule has 7 nitrogen and oxygen atoms in total. The van der Waals surface area contributed by atoms with Crippen molar-refractivity contribution >= 4 is 23.4 Å². The summed E-state index contributed by atoms with van der Waals surface area (Å²) in [4.78, 5) is 29.1. The van der Waals surface area contributed by atoms with E-state index in [4.69, 9.17) is 4.74 Å². The Morgan fingerprint density at radius 3 is 2.28 bits per heavy atom. The molecule has 1 aliphatic rings. The van der Waals surface area contributed by atoms with Crippen LogP contribution in [0.4, 0.5) is 16.2 Å². The van der Waals surface area contributed by atoms with Crippen LogP contribution in [0, 0.1) is 0 Å². The van der Waals surface area contributed by atoms with Crippen LogP contribution in [0.5, 0.6) is 0 Å². The van der Waals surface area contributed by atoms with Crippen molar-refractivity contribution in [3.63, 3.8) is 0 Å². The van der Waals surface area contributed by atoms with Crippen molar-refractivity contribution in [3.8, 4) is 0 Å². The first kappa shape index (κ1) is 20.7. The van der Waals surface area contributed by atoms with Crippen molar-refractivity contribution in [1.29, 1.82) is 0 Å². The van der Waals surface area contributed by atoms with Gasteiger partial charge in [-0.15, -0.1) is 0 Å². The van der Waals surface area contributed by atoms with Crippen LogP contribution >= 0.6 is 0 Å². The summed E-state index contributed by atoms with van der Waals surface area (Å²) in [6.45, 7) is 4.06. The van der Waals surface area contributed by atoms with Gasteiger partial charge in [0.25, 0.3) is 0 Å². The van der Waals surface area contributed by atoms with Gasteiger partial charge >= 0.3 is 12.0 Å². The second-order valence-electron chi connectivity index (χ2n) is 7.20. The van der Waals surface area contributed by atoms with Gasteiger partial charge in [0.15, 0.2) is 0 Å². The molecule has 1 atom stereocenters. The first-order valence-electron chi connectivity index (χ1n) is 9.78. The highest BCUT2D eigenvalue weighted by Gasteiger charge is 2.22. The van der Waals surface area contributed by atoms with Gasteiger partial charge in [-0.3, -0.25) is 0 Å². The lowest BCUT2D eigenvalue weighted by Crippen LogP contribution is -2.45. The van der Waals surface area contributed by atoms with Gasteiger partial charge < -0.3 is 25.2 Å². The van der Waals surface area contributed by atoms with E-state index in [9.17, 15) is 9.59 Å². The second-order valence-corrected chi connectivity index (χ2v) is 7.20. The number of amides is 2. The Balaban J connectivity index is 1.57. The second kappa shape index (κ2) is 9.93. The summed E-state index contributed by atoms with van der Waals surface area (Å²) in [5.74, 6) is -0.477. The van der Waals surface area contributed by atoms with Gasteiger partial charge in [-0.1, -0.05) is 30.3 Å². The summed E-state index contributed by atoms with van der Waals surface area (Å²) in [6, 6.07) is 16.1. The summed E-state index contributed by atoms with van der Waals surface area (Å²) in [5, 5.41) is 5.50. The highest BCUT2D eigenvalue weighted by atomic mass is 16.5. The molecule has 0 aromatic heterocycles. The zero-order chi connectivity index (χ0) is 20.6. The molecule has 1 aliphatic heterocycles. The number of hydrogen-bond donors (Lipinski definition) is 2. The fourth-order valence-corrected chi connectivity index (χ4v) is 3.33. The summed E-state index contributed by atoms with van der Waals surface area (Å²) in [6.07, 6.45) is 0.364. The molecule has 29 heavy (non-hydrogen) atoms. The van der Waals surface area contributed by atoms with Gasteiger partial charge in [-0.05, 0) is 36.9 Å². The molecular formula is C22H28N4O3. The molecule has 2 aromatic rings. The van der Waals surface area contributed by atoms with Crippen molar-refractivity contribution in [3.05, 3.63) is 60.2 Å². The highest BCUT2D eigenvalue weighted by molar-refractivity contribution is 5.92. The minimum Gasteiger partial charge on any atom is -0.467 e. The molecule has 2 amide bonds. The molecule has 1 saturated heterocycles. The minimum absolute atomic E-state index is 0.364. The summed E-state index contributed by atoms with van der Waals surface area (Å²) >= 11 is 0. The zero-order valence-corrected chi connectivity index (χ0v) is 16.9. The van der Waals surface area contributed by atoms with E-state index in [1.54, 1.807) is 0 Å². The Hall–Kier alpha value is -3.06. The first-order valence-corrected chi connectivity index (χ1v) is 9.78. The quantitative estimate of drug-likeness (QED) is 0.734. The smallest absolute Gasteiger partial charge is 0.328 e. The van der Waals surface area contributed by atoms with Crippen LogP contribution in [-0.4, -0.2) is 63.3 Å². The van der Waals surface area contributed by atoms with E-state index in [1.807, 2.05) is 54.6 Å². The lowest BCUT2D eigenvalue weighted by molar-refractivity contribution is -0.142. The molecule has 1 unspecified atom stereocenters. The lowest BCUT2D eigenvalue weighted by Gasteiger charge is -2.34. The van der Waals surface area contributed by atoms with E-state index >= 15 is 0 Å². The molecule has 0 bridgehead atoms. The summed E-state index contributed by atoms with van der Waals surface area (Å²) < 4.78 is 4.84. The molecule has 3 rings (SSSR count). The van der Waals surface area contributed by atoms with E-state index in [1.165, 1.54) is 7.11 Å². The number of nitrogens with zero attached hydrogens (tertiary/aromatic N) is 2. The normalized spacial score (nSPS) is 15.4. The highest BCUT2D eigenvalue weighted by Crippen LogP contribution is 2.19. The number of likely N-dealkylation sites (N-methyl/N-ethyl adjacent to an activating group) is 1. The van der Waals surface area contributed by atoms with Crippen LogP contribution in [0.2, 0.25) is 0 Å². The number of methoxy groups -OCH3 is 1. The largest absolute Gasteiger partial charge is 0.467 e. The predicted molar refractivity (Wildman–Crippen MR) is 114 cm³/mol. The number of nitrogens with one attached hydrogen (secondary N) is 2. The third-order valence-electron chi connectivity index (χ3n) is 5.07. The molecule has 1 heterocycles. The Labute approximate surface area is 171 Å². The monoisotopic (exact) mass is 396 g/mol. The zero-order valence-electron chi connectivity index (χ0n) is 16.9. The number of ether oxygens (including phenoxy) is 1. The Morgan fingerprint density at radius 1 is 1.00 bits per heavy atom. The molecule has 0 aliphatic carbocycles. The topological polar surface area (TPSA) is 73.9 Å². The van der Waals surface area contributed by atoms with Crippen molar-refractivity contribution in [2.75, 3.05) is 50.6 Å². The van der Waals surface area contributed by atoms with E-state index < -0.39 is 18.0 Å². The summed E-state index contributed by atoms with van der Waals surface area (Å²) in [7, 11) is 3.44. The van der Waals surface area contributed by atoms with Crippen molar-refractivity contribution in [1.82, 2.24) is 10.2 Å². The van der Waals surface area contributed by atoms with Gasteiger partial charge in [0.05, 0.1) is 7.11 Å². The predicted octanol–water partition coefficient (Wildman–Crippen LogP) is 2.34. The van der Waals surface area contributed by atoms with Gasteiger partial charge in [0.2, 0.25) is 0 Å². The average molecular weight is 396 g/mol. The van der Waals surface area contributed by atoms with Gasteiger partial charge in [-0.25, -0.2) is 9.59 Å². The van der Waals surface area contributed by atoms with Crippen molar-refractivity contribution in [2.45, 2.75) is 12.5 Å². The van der Waals surface area contributed by atoms with E-state index in [0.29, 0.717) is 12.1 Å². The summed E-state index contributed by atoms with van der Waals surface area (Å²) in [5.41, 5.74) is 2.75. The molecule has 0 radical (unpaired) electrons. The van der Waals surface area contributed by atoms with Crippen LogP contribution in [-0.2, 0) is 16.0 Å². The van der Waals surface area contributed by atoms with Gasteiger partial charge in [-0.2, -0.15) is 0 Å². The van der Waals surface area contributed by atoms with Crippen LogP contribution in [0.1, 0.15) is 5.56 Å². The van der Waals surface area contributed by atoms with Gasteiger partial charge in [0.1, 0.15) is 6.04 Å². The van der Waals surface area contributed by atoms with Crippen LogP contribution in [0.3, 0.4) is 0 Å². The number of carbonyl (C=O) groups is 2. The lowest BCUT2D eigenvalue weighted by atomic mass is 10.1. The molecule has 1 fully saturated rings. The molecule has 0 saturated carbocycles. The van der Waals surface area contributed by atoms with Crippen molar-refractivity contribution in [2.24, 2.45) is 0 Å². The molecular weight excluding hydrogens is 368 g/mol. The van der Waals surface area contributed by atoms with E-state index in [-0.39, 0.29) is 0 Å². The number of esters is 1. The number of carbonyl (C=O) groups excluding carboxylic acids is 2. The third kappa shape index (κ3) is 5.96. The standard InChI is InChI=1S/C22H28N4O3/c1-25-12-14-26(15-13-25)19-10-8-18(9-11-19)23-22(28)24-20(21(27)29-2)16-17-6-4-3-5-7-17/h3-11,20H,12-16H2,1-2H3,(H2,23,24,28). The maximum atomic E-state index is 12.4. The van der Waals surface area contributed by atoms with Gasteiger partial charge in [0, 0.05) is 44.0 Å². The van der Waals surface area contributed by atoms with Crippen LogP contribution in [0.25, 0.3) is 0 Å². The molecule has 0 spiro atoms. The molecule has 2 aromatic carbocycles. The fraction of sp³-hybridized carbons (Fsp3) is 0.364. The minimum atomic E-state index is -0.757. The number of anilines is 2. The molecule has 154 valence electrons. The Kier molecular flexibility index (Phi) is 7.08. The average Bonchev–Trinajstić information content (AvgIpc) is 2.74. The first-order chi connectivity index (χ1) is 14.0. The number of rotatable bonds is 6. The van der Waals surface area contributed by atoms with E-state index in [2.05, 4.69) is 27.5 Å². The third-order valence-corrected chi connectivity index (χ3v) is 5.07. The number of piperazine rings is 1. The maximum Gasteiger partial charge on any atom is 0.328 e. The molecule has 2 N–H and O–H groups in total. The fourth-order valence-electron chi connectivity index (χ4n) is 3.33. The SMILES string of the molecule is COC(=O)C(Cc1ccccc1)NC(=O)Nc1ccc(N2CCN(C)CC2)cc1. The Bertz CT molecular complexity index is 803. The number of hydrogen-bond acceptors (Lipinski definition) is 5. The maximum absolute atomic E-state index is 12.4. The molecule has 7 heteroatoms.